The minimum Gasteiger partial charge on any atom is -0.289 e. The fraction of sp³-hybridized carbons (Fsp3) is 0.0625. The van der Waals surface area contributed by atoms with Crippen LogP contribution in [0.1, 0.15) is 21.5 Å². The van der Waals surface area contributed by atoms with E-state index < -0.39 is 0 Å². The molecule has 19 heavy (non-hydrogen) atoms. The second-order valence-corrected chi connectivity index (χ2v) is 6.22. The predicted octanol–water partition coefficient (Wildman–Crippen LogP) is 5.20. The van der Waals surface area contributed by atoms with E-state index in [1.54, 1.807) is 11.3 Å². The number of ketones is 1. The average Bonchev–Trinajstić information content (AvgIpc) is 2.82. The fourth-order valence-corrected chi connectivity index (χ4v) is 3.72. The van der Waals surface area contributed by atoms with Crippen molar-refractivity contribution in [3.63, 3.8) is 0 Å². The molecule has 0 spiro atoms. The zero-order valence-electron chi connectivity index (χ0n) is 10.3. The number of thiophene rings is 1. The number of rotatable bonds is 2. The molecule has 3 rings (SSSR count). The van der Waals surface area contributed by atoms with Gasteiger partial charge in [0.1, 0.15) is 0 Å². The molecule has 0 fully saturated rings. The molecule has 0 atom stereocenters. The van der Waals surface area contributed by atoms with Crippen LogP contribution in [-0.4, -0.2) is 5.78 Å². The molecule has 1 aromatic heterocycles. The summed E-state index contributed by atoms with van der Waals surface area (Å²) in [4.78, 5) is 12.6. The molecule has 0 aliphatic rings. The van der Waals surface area contributed by atoms with E-state index in [0.29, 0.717) is 5.56 Å². The van der Waals surface area contributed by atoms with Gasteiger partial charge in [0, 0.05) is 31.1 Å². The van der Waals surface area contributed by atoms with E-state index in [2.05, 4.69) is 15.9 Å². The van der Waals surface area contributed by atoms with Gasteiger partial charge in [-0.25, -0.2) is 0 Å². The molecule has 2 aromatic carbocycles. The number of hydrogen-bond donors (Lipinski definition) is 0. The lowest BCUT2D eigenvalue weighted by molar-refractivity contribution is 0.104. The summed E-state index contributed by atoms with van der Waals surface area (Å²) in [6.07, 6.45) is 0. The molecule has 3 aromatic rings. The van der Waals surface area contributed by atoms with Crippen molar-refractivity contribution in [1.82, 2.24) is 0 Å². The number of carbonyl (C=O) groups excluding carboxylic acids is 1. The predicted molar refractivity (Wildman–Crippen MR) is 84.1 cm³/mol. The minimum absolute atomic E-state index is 0.0734. The van der Waals surface area contributed by atoms with E-state index in [1.807, 2.05) is 54.8 Å². The normalized spacial score (nSPS) is 10.8. The van der Waals surface area contributed by atoms with Gasteiger partial charge in [-0.2, -0.15) is 0 Å². The van der Waals surface area contributed by atoms with Gasteiger partial charge in [0.05, 0.1) is 0 Å². The summed E-state index contributed by atoms with van der Waals surface area (Å²) < 4.78 is 2.00. The van der Waals surface area contributed by atoms with E-state index in [-0.39, 0.29) is 5.78 Å². The minimum atomic E-state index is 0.0734. The highest BCUT2D eigenvalue weighted by atomic mass is 79.9. The van der Waals surface area contributed by atoms with Gasteiger partial charge in [-0.3, -0.25) is 4.79 Å². The van der Waals surface area contributed by atoms with Gasteiger partial charge in [-0.1, -0.05) is 40.2 Å². The van der Waals surface area contributed by atoms with Gasteiger partial charge in [-0.05, 0) is 30.7 Å². The number of carbonyl (C=O) groups is 1. The smallest absolute Gasteiger partial charge is 0.195 e. The first-order valence-electron chi connectivity index (χ1n) is 5.94. The number of aryl methyl sites for hydroxylation is 1. The van der Waals surface area contributed by atoms with Crippen LogP contribution in [0.3, 0.4) is 0 Å². The van der Waals surface area contributed by atoms with E-state index in [9.17, 15) is 4.79 Å². The molecule has 0 saturated heterocycles. The Balaban J connectivity index is 2.13. The van der Waals surface area contributed by atoms with E-state index in [1.165, 1.54) is 0 Å². The van der Waals surface area contributed by atoms with Crippen molar-refractivity contribution < 1.29 is 4.79 Å². The summed E-state index contributed by atoms with van der Waals surface area (Å²) in [5.74, 6) is 0.0734. The molecule has 0 aliphatic heterocycles. The van der Waals surface area contributed by atoms with Gasteiger partial charge < -0.3 is 0 Å². The second kappa shape index (κ2) is 4.91. The zero-order valence-corrected chi connectivity index (χ0v) is 12.7. The van der Waals surface area contributed by atoms with Crippen molar-refractivity contribution in [3.05, 3.63) is 69.0 Å². The lowest BCUT2D eigenvalue weighted by Gasteiger charge is -2.04. The Morgan fingerprint density at radius 2 is 1.89 bits per heavy atom. The highest BCUT2D eigenvalue weighted by Crippen LogP contribution is 2.29. The first-order chi connectivity index (χ1) is 9.16. The van der Waals surface area contributed by atoms with Crippen LogP contribution in [-0.2, 0) is 0 Å². The topological polar surface area (TPSA) is 17.1 Å². The Kier molecular flexibility index (Phi) is 3.25. The van der Waals surface area contributed by atoms with Gasteiger partial charge in [0.25, 0.3) is 0 Å². The van der Waals surface area contributed by atoms with Crippen LogP contribution in [0, 0.1) is 6.92 Å². The van der Waals surface area contributed by atoms with Gasteiger partial charge >= 0.3 is 0 Å². The summed E-state index contributed by atoms with van der Waals surface area (Å²) in [6, 6.07) is 13.8. The Morgan fingerprint density at radius 1 is 1.11 bits per heavy atom. The molecule has 3 heteroatoms. The summed E-state index contributed by atoms with van der Waals surface area (Å²) in [5, 5.41) is 2.98. The molecule has 0 N–H and O–H groups in total. The third-order valence-corrected chi connectivity index (χ3v) is 4.71. The Bertz CT molecular complexity index is 773. The van der Waals surface area contributed by atoms with E-state index in [0.717, 1.165) is 25.7 Å². The number of hydrogen-bond acceptors (Lipinski definition) is 2. The van der Waals surface area contributed by atoms with Gasteiger partial charge in [0.15, 0.2) is 5.78 Å². The quantitative estimate of drug-likeness (QED) is 0.590. The second-order valence-electron chi connectivity index (χ2n) is 4.46. The Hall–Kier alpha value is -1.45. The first-order valence-corrected chi connectivity index (χ1v) is 7.61. The molecule has 0 saturated carbocycles. The summed E-state index contributed by atoms with van der Waals surface area (Å²) in [5.41, 5.74) is 2.64. The number of benzene rings is 2. The molecule has 0 bridgehead atoms. The highest BCUT2D eigenvalue weighted by Gasteiger charge is 2.16. The fourth-order valence-electron chi connectivity index (χ4n) is 2.10. The maximum absolute atomic E-state index is 12.6. The standard InChI is InChI=1S/C16H11BrOS/c1-10-6-7-12(14(17)8-10)16(18)13-9-19-15-5-3-2-4-11(13)15/h2-9H,1H3. The van der Waals surface area contributed by atoms with Crippen LogP contribution in [0.15, 0.2) is 52.3 Å². The van der Waals surface area contributed by atoms with Crippen LogP contribution in [0.4, 0.5) is 0 Å². The molecular formula is C16H11BrOS. The molecule has 1 nitrogen and oxygen atoms in total. The lowest BCUT2D eigenvalue weighted by atomic mass is 10.0. The van der Waals surface area contributed by atoms with Crippen LogP contribution < -0.4 is 0 Å². The Labute approximate surface area is 124 Å². The van der Waals surface area contributed by atoms with Crippen molar-refractivity contribution in [1.29, 1.82) is 0 Å². The summed E-state index contributed by atoms with van der Waals surface area (Å²) in [6.45, 7) is 2.01. The van der Waals surface area contributed by atoms with Crippen LogP contribution >= 0.6 is 27.3 Å². The summed E-state index contributed by atoms with van der Waals surface area (Å²) in [7, 11) is 0. The zero-order chi connectivity index (χ0) is 13.4. The van der Waals surface area contributed by atoms with Crippen LogP contribution in [0.5, 0.6) is 0 Å². The molecule has 1 heterocycles. The van der Waals surface area contributed by atoms with Crippen molar-refractivity contribution >= 4 is 43.1 Å². The molecule has 0 aliphatic carbocycles. The van der Waals surface area contributed by atoms with Crippen molar-refractivity contribution in [2.24, 2.45) is 0 Å². The highest BCUT2D eigenvalue weighted by molar-refractivity contribution is 9.10. The van der Waals surface area contributed by atoms with Gasteiger partial charge in [0.2, 0.25) is 0 Å². The summed E-state index contributed by atoms with van der Waals surface area (Å²) >= 11 is 5.09. The van der Waals surface area contributed by atoms with Crippen molar-refractivity contribution in [3.8, 4) is 0 Å². The molecule has 0 unspecified atom stereocenters. The van der Waals surface area contributed by atoms with Crippen LogP contribution in [0.25, 0.3) is 10.1 Å². The monoisotopic (exact) mass is 330 g/mol. The van der Waals surface area contributed by atoms with E-state index >= 15 is 0 Å². The molecule has 0 radical (unpaired) electrons. The average molecular weight is 331 g/mol. The van der Waals surface area contributed by atoms with Crippen molar-refractivity contribution in [2.45, 2.75) is 6.92 Å². The number of fused-ring (bicyclic) bond motifs is 1. The maximum atomic E-state index is 12.6. The molecular weight excluding hydrogens is 320 g/mol. The first kappa shape index (κ1) is 12.6. The SMILES string of the molecule is Cc1ccc(C(=O)c2csc3ccccc23)c(Br)c1. The molecule has 94 valence electrons. The van der Waals surface area contributed by atoms with Gasteiger partial charge in [-0.15, -0.1) is 11.3 Å². The molecule has 0 amide bonds. The third kappa shape index (κ3) is 2.24. The van der Waals surface area contributed by atoms with E-state index in [4.69, 9.17) is 0 Å². The lowest BCUT2D eigenvalue weighted by Crippen LogP contribution is -2.01. The maximum Gasteiger partial charge on any atom is 0.195 e. The van der Waals surface area contributed by atoms with Crippen molar-refractivity contribution in [2.75, 3.05) is 0 Å². The Morgan fingerprint density at radius 3 is 2.68 bits per heavy atom. The number of halogens is 1. The van der Waals surface area contributed by atoms with Crippen LogP contribution in [0.2, 0.25) is 0 Å². The largest absolute Gasteiger partial charge is 0.289 e. The third-order valence-electron chi connectivity index (χ3n) is 3.09.